The zero-order valence-corrected chi connectivity index (χ0v) is 37.9. The van der Waals surface area contributed by atoms with Gasteiger partial charge in [-0.2, -0.15) is 0 Å². The van der Waals surface area contributed by atoms with Crippen LogP contribution in [-0.4, -0.2) is 98.3 Å². The van der Waals surface area contributed by atoms with Gasteiger partial charge in [0.1, 0.15) is 43.2 Å². The molecule has 0 amide bonds. The Hall–Kier alpha value is -2.45. The van der Waals surface area contributed by atoms with E-state index in [1.54, 1.807) is 0 Å². The highest BCUT2D eigenvalue weighted by atomic mass is 31.2. The number of rotatable bonds is 38. The molecule has 0 aromatic rings. The van der Waals surface area contributed by atoms with Crippen LogP contribution < -0.4 is 0 Å². The Morgan fingerprint density at radius 1 is 0.557 bits per heavy atom. The molecule has 61 heavy (non-hydrogen) atoms. The highest BCUT2D eigenvalue weighted by Crippen LogP contribution is 2.47. The van der Waals surface area contributed by atoms with E-state index in [-0.39, 0.29) is 12.8 Å². The van der Waals surface area contributed by atoms with Gasteiger partial charge in [0.15, 0.2) is 6.10 Å². The molecule has 0 spiro atoms. The standard InChI is InChI=1S/C47H81O13P/c1-3-5-7-9-11-13-15-17-19-20-22-23-25-27-29-31-33-35-40(48)57-37-39(38-58-61(55,56)60-47-45(53)43(51)42(50)44(52)46(47)54)59-41(49)36-34-32-30-28-26-24-21-18-16-14-12-10-8-6-4-2/h4,7,9,13,15,19-20,23,25,39,42-47,50-54H,2-3,5-6,8,10-12,14,16-18,21-22,24,26-38H2,1H3,(H,55,56)/b9-7+,15-13+,20-19+,25-23+/t39-,42?,43-,44?,45?,46?,47?/m0/s1. The molecule has 6 unspecified atom stereocenters. The molecular formula is C47H81O13P. The Morgan fingerprint density at radius 2 is 0.967 bits per heavy atom. The van der Waals surface area contributed by atoms with E-state index in [1.807, 2.05) is 6.08 Å². The number of aliphatic hydroxyl groups excluding tert-OH is 5. The van der Waals surface area contributed by atoms with Crippen molar-refractivity contribution in [2.75, 3.05) is 13.2 Å². The Bertz CT molecular complexity index is 1280. The Labute approximate surface area is 366 Å². The second kappa shape index (κ2) is 37.0. The van der Waals surface area contributed by atoms with E-state index < -0.39 is 75.7 Å². The summed E-state index contributed by atoms with van der Waals surface area (Å²) in [4.78, 5) is 35.7. The van der Waals surface area contributed by atoms with Crippen molar-refractivity contribution in [1.29, 1.82) is 0 Å². The number of carbonyl (C=O) groups excluding carboxylic acids is 2. The number of hydrogen-bond acceptors (Lipinski definition) is 12. The lowest BCUT2D eigenvalue weighted by atomic mass is 9.85. The smallest absolute Gasteiger partial charge is 0.462 e. The molecule has 352 valence electrons. The van der Waals surface area contributed by atoms with E-state index in [9.17, 15) is 44.6 Å². The lowest BCUT2D eigenvalue weighted by molar-refractivity contribution is -0.220. The van der Waals surface area contributed by atoms with Gasteiger partial charge < -0.3 is 39.9 Å². The van der Waals surface area contributed by atoms with Crippen molar-refractivity contribution in [3.63, 3.8) is 0 Å². The van der Waals surface area contributed by atoms with E-state index in [1.165, 1.54) is 57.8 Å². The molecule has 0 radical (unpaired) electrons. The zero-order chi connectivity index (χ0) is 45.0. The van der Waals surface area contributed by atoms with Crippen LogP contribution in [0.2, 0.25) is 0 Å². The Kier molecular flexibility index (Phi) is 34.3. The molecule has 1 fully saturated rings. The molecule has 0 aliphatic heterocycles. The van der Waals surface area contributed by atoms with Crippen LogP contribution in [-0.2, 0) is 32.7 Å². The number of aliphatic hydroxyl groups is 5. The van der Waals surface area contributed by atoms with Crippen molar-refractivity contribution in [2.45, 2.75) is 210 Å². The zero-order valence-electron chi connectivity index (χ0n) is 37.0. The van der Waals surface area contributed by atoms with Gasteiger partial charge >= 0.3 is 19.8 Å². The minimum Gasteiger partial charge on any atom is -0.462 e. The van der Waals surface area contributed by atoms with Crippen LogP contribution in [0.25, 0.3) is 0 Å². The van der Waals surface area contributed by atoms with Gasteiger partial charge in [-0.15, -0.1) is 6.58 Å². The maximum atomic E-state index is 12.8. The van der Waals surface area contributed by atoms with Crippen molar-refractivity contribution in [1.82, 2.24) is 0 Å². The minimum absolute atomic E-state index is 0.0857. The van der Waals surface area contributed by atoms with Crippen molar-refractivity contribution in [3.8, 4) is 0 Å². The normalized spacial score (nSPS) is 22.3. The summed E-state index contributed by atoms with van der Waals surface area (Å²) >= 11 is 0. The molecule has 1 aliphatic rings. The van der Waals surface area contributed by atoms with Crippen molar-refractivity contribution in [3.05, 3.63) is 61.3 Å². The molecule has 13 nitrogen and oxygen atoms in total. The molecule has 14 heteroatoms. The van der Waals surface area contributed by atoms with Crippen LogP contribution in [0.4, 0.5) is 0 Å². The van der Waals surface area contributed by atoms with Crippen molar-refractivity contribution in [2.24, 2.45) is 0 Å². The van der Waals surface area contributed by atoms with E-state index in [0.717, 1.165) is 77.0 Å². The third-order valence-corrected chi connectivity index (χ3v) is 11.4. The molecule has 0 heterocycles. The lowest BCUT2D eigenvalue weighted by Crippen LogP contribution is -2.64. The van der Waals surface area contributed by atoms with Crippen molar-refractivity contribution < 1.29 is 63.1 Å². The van der Waals surface area contributed by atoms with Crippen LogP contribution in [0.15, 0.2) is 61.3 Å². The number of phosphoric ester groups is 1. The molecular weight excluding hydrogens is 803 g/mol. The number of unbranched alkanes of at least 4 members (excludes halogenated alkanes) is 17. The third kappa shape index (κ3) is 29.5. The number of phosphoric acid groups is 1. The van der Waals surface area contributed by atoms with Crippen LogP contribution in [0.3, 0.4) is 0 Å². The molecule has 1 rings (SSSR count). The summed E-state index contributed by atoms with van der Waals surface area (Å²) in [5.74, 6) is -1.14. The molecule has 0 bridgehead atoms. The average Bonchev–Trinajstić information content (AvgIpc) is 3.24. The fraction of sp³-hybridized carbons (Fsp3) is 0.745. The van der Waals surface area contributed by atoms with Gasteiger partial charge in [-0.25, -0.2) is 4.57 Å². The monoisotopic (exact) mass is 885 g/mol. The molecule has 0 saturated heterocycles. The highest BCUT2D eigenvalue weighted by Gasteiger charge is 2.51. The summed E-state index contributed by atoms with van der Waals surface area (Å²) in [7, 11) is -5.13. The molecule has 0 aromatic heterocycles. The number of esters is 2. The predicted molar refractivity (Wildman–Crippen MR) is 239 cm³/mol. The van der Waals surface area contributed by atoms with Crippen LogP contribution in [0, 0.1) is 0 Å². The summed E-state index contributed by atoms with van der Waals surface area (Å²) in [6.07, 6.45) is 30.2. The minimum atomic E-state index is -5.13. The van der Waals surface area contributed by atoms with Gasteiger partial charge in [-0.05, 0) is 64.2 Å². The van der Waals surface area contributed by atoms with Gasteiger partial charge in [0.2, 0.25) is 0 Å². The van der Waals surface area contributed by atoms with Crippen LogP contribution in [0.1, 0.15) is 167 Å². The van der Waals surface area contributed by atoms with Crippen molar-refractivity contribution >= 4 is 19.8 Å². The first-order chi connectivity index (χ1) is 29.4. The lowest BCUT2D eigenvalue weighted by Gasteiger charge is -2.41. The van der Waals surface area contributed by atoms with Gasteiger partial charge in [-0.3, -0.25) is 18.6 Å². The van der Waals surface area contributed by atoms with E-state index in [0.29, 0.717) is 12.8 Å². The SMILES string of the molecule is C=CCCCCCCCCCCCCCCCC(=O)O[C@@H](COC(=O)CCCCC/C=C/C/C=C/C/C=C/C/C=C/CCC)COP(=O)(O)OC1C(O)C(O)C(O)[C@H](O)C1O. The largest absolute Gasteiger partial charge is 0.472 e. The molecule has 1 aliphatic carbocycles. The molecule has 0 aromatic carbocycles. The third-order valence-electron chi connectivity index (χ3n) is 10.5. The van der Waals surface area contributed by atoms with E-state index >= 15 is 0 Å². The summed E-state index contributed by atoms with van der Waals surface area (Å²) in [5.41, 5.74) is 0. The maximum absolute atomic E-state index is 12.8. The first kappa shape index (κ1) is 56.6. The number of hydrogen-bond donors (Lipinski definition) is 6. The molecule has 8 atom stereocenters. The fourth-order valence-corrected chi connectivity index (χ4v) is 7.70. The van der Waals surface area contributed by atoms with Gasteiger partial charge in [0.25, 0.3) is 0 Å². The first-order valence-corrected chi connectivity index (χ1v) is 24.5. The highest BCUT2D eigenvalue weighted by molar-refractivity contribution is 7.47. The average molecular weight is 885 g/mol. The summed E-state index contributed by atoms with van der Waals surface area (Å²) < 4.78 is 33.5. The fourth-order valence-electron chi connectivity index (χ4n) is 6.73. The van der Waals surface area contributed by atoms with Crippen LogP contribution >= 0.6 is 7.82 Å². The topological polar surface area (TPSA) is 210 Å². The molecule has 1 saturated carbocycles. The van der Waals surface area contributed by atoms with E-state index in [2.05, 4.69) is 62.1 Å². The maximum Gasteiger partial charge on any atom is 0.472 e. The first-order valence-electron chi connectivity index (χ1n) is 23.1. The van der Waals surface area contributed by atoms with Gasteiger partial charge in [-0.1, -0.05) is 145 Å². The number of ether oxygens (including phenoxy) is 2. The summed E-state index contributed by atoms with van der Waals surface area (Å²) in [6, 6.07) is 0. The van der Waals surface area contributed by atoms with E-state index in [4.69, 9.17) is 18.5 Å². The molecule has 6 N–H and O–H groups in total. The summed E-state index contributed by atoms with van der Waals surface area (Å²) in [5, 5.41) is 50.1. The summed E-state index contributed by atoms with van der Waals surface area (Å²) in [6.45, 7) is 4.73. The van der Waals surface area contributed by atoms with Gasteiger partial charge in [0, 0.05) is 12.8 Å². The number of carbonyl (C=O) groups is 2. The Balaban J connectivity index is 2.48. The number of allylic oxidation sites excluding steroid dienone is 9. The Morgan fingerprint density at radius 3 is 1.48 bits per heavy atom. The second-order valence-corrected chi connectivity index (χ2v) is 17.4. The van der Waals surface area contributed by atoms with Gasteiger partial charge in [0.05, 0.1) is 6.61 Å². The quantitative estimate of drug-likeness (QED) is 0.0148. The van der Waals surface area contributed by atoms with Crippen LogP contribution in [0.5, 0.6) is 0 Å². The predicted octanol–water partition coefficient (Wildman–Crippen LogP) is 8.94. The second-order valence-electron chi connectivity index (χ2n) is 16.0.